The van der Waals surface area contributed by atoms with E-state index < -0.39 is 0 Å². The van der Waals surface area contributed by atoms with Crippen molar-refractivity contribution in [2.75, 3.05) is 7.11 Å². The van der Waals surface area contributed by atoms with Crippen LogP contribution in [0, 0.1) is 6.92 Å². The number of hydrazone groups is 1. The molecule has 2 N–H and O–H groups in total. The van der Waals surface area contributed by atoms with Crippen LogP contribution in [0.15, 0.2) is 46.0 Å². The molecular weight excluding hydrogens is 348 g/mol. The van der Waals surface area contributed by atoms with Crippen LogP contribution in [0.3, 0.4) is 0 Å². The first-order chi connectivity index (χ1) is 10.5. The summed E-state index contributed by atoms with van der Waals surface area (Å²) in [6, 6.07) is 10.6. The summed E-state index contributed by atoms with van der Waals surface area (Å²) in [4.78, 5) is 12.0. The Bertz CT molecular complexity index is 729. The number of aromatic hydroxyl groups is 1. The Morgan fingerprint density at radius 1 is 1.36 bits per heavy atom. The third-order valence-corrected chi connectivity index (χ3v) is 3.64. The fourth-order valence-corrected chi connectivity index (χ4v) is 2.34. The molecule has 6 heteroatoms. The van der Waals surface area contributed by atoms with Gasteiger partial charge in [0.15, 0.2) is 11.5 Å². The number of carbonyl (C=O) groups is 1. The summed E-state index contributed by atoms with van der Waals surface area (Å²) in [6.07, 6.45) is 1.48. The van der Waals surface area contributed by atoms with E-state index >= 15 is 0 Å². The van der Waals surface area contributed by atoms with Crippen molar-refractivity contribution in [1.29, 1.82) is 0 Å². The van der Waals surface area contributed by atoms with Crippen molar-refractivity contribution in [1.82, 2.24) is 5.43 Å². The van der Waals surface area contributed by atoms with Gasteiger partial charge in [-0.2, -0.15) is 5.10 Å². The molecule has 114 valence electrons. The average molecular weight is 363 g/mol. The molecule has 0 unspecified atom stereocenters. The Morgan fingerprint density at radius 2 is 2.09 bits per heavy atom. The zero-order valence-corrected chi connectivity index (χ0v) is 13.7. The van der Waals surface area contributed by atoms with E-state index in [2.05, 4.69) is 26.5 Å². The number of rotatable bonds is 4. The van der Waals surface area contributed by atoms with E-state index in [1.807, 2.05) is 19.1 Å². The number of benzene rings is 2. The van der Waals surface area contributed by atoms with Gasteiger partial charge in [0, 0.05) is 5.56 Å². The van der Waals surface area contributed by atoms with Crippen molar-refractivity contribution in [2.45, 2.75) is 6.92 Å². The van der Waals surface area contributed by atoms with E-state index in [9.17, 15) is 9.90 Å². The highest BCUT2D eigenvalue weighted by atomic mass is 79.9. The van der Waals surface area contributed by atoms with Crippen LogP contribution >= 0.6 is 15.9 Å². The quantitative estimate of drug-likeness (QED) is 0.647. The second-order valence-electron chi connectivity index (χ2n) is 4.57. The molecule has 0 fully saturated rings. The van der Waals surface area contributed by atoms with Gasteiger partial charge >= 0.3 is 0 Å². The van der Waals surface area contributed by atoms with Gasteiger partial charge in [0.2, 0.25) is 0 Å². The van der Waals surface area contributed by atoms with E-state index in [4.69, 9.17) is 4.74 Å². The molecule has 0 aliphatic rings. The van der Waals surface area contributed by atoms with Crippen LogP contribution in [-0.2, 0) is 0 Å². The van der Waals surface area contributed by atoms with Crippen molar-refractivity contribution in [3.8, 4) is 11.5 Å². The van der Waals surface area contributed by atoms with Gasteiger partial charge in [0.25, 0.3) is 5.91 Å². The molecule has 0 heterocycles. The summed E-state index contributed by atoms with van der Waals surface area (Å²) < 4.78 is 5.53. The van der Waals surface area contributed by atoms with Gasteiger partial charge in [-0.05, 0) is 52.2 Å². The van der Waals surface area contributed by atoms with Crippen LogP contribution in [0.1, 0.15) is 21.5 Å². The minimum Gasteiger partial charge on any atom is -0.503 e. The lowest BCUT2D eigenvalue weighted by Gasteiger charge is -2.06. The van der Waals surface area contributed by atoms with Crippen LogP contribution in [0.4, 0.5) is 0 Å². The van der Waals surface area contributed by atoms with E-state index in [1.54, 1.807) is 24.3 Å². The number of phenolic OH excluding ortho intramolecular Hbond substituents is 1. The molecule has 0 saturated heterocycles. The normalized spacial score (nSPS) is 10.7. The molecule has 0 aliphatic heterocycles. The molecule has 0 aliphatic carbocycles. The lowest BCUT2D eigenvalue weighted by molar-refractivity contribution is 0.0954. The molecule has 22 heavy (non-hydrogen) atoms. The Kier molecular flexibility index (Phi) is 5.16. The molecule has 0 aromatic heterocycles. The number of aryl methyl sites for hydroxylation is 1. The van der Waals surface area contributed by atoms with Crippen LogP contribution in [0.2, 0.25) is 0 Å². The van der Waals surface area contributed by atoms with Crippen molar-refractivity contribution >= 4 is 28.1 Å². The van der Waals surface area contributed by atoms with Crippen molar-refractivity contribution in [2.24, 2.45) is 5.10 Å². The van der Waals surface area contributed by atoms with Crippen molar-refractivity contribution in [3.63, 3.8) is 0 Å². The van der Waals surface area contributed by atoms with Gasteiger partial charge in [-0.15, -0.1) is 0 Å². The number of nitrogens with zero attached hydrogens (tertiary/aromatic N) is 1. The third kappa shape index (κ3) is 3.65. The molecule has 2 aromatic rings. The van der Waals surface area contributed by atoms with Gasteiger partial charge < -0.3 is 9.84 Å². The number of amides is 1. The Morgan fingerprint density at radius 3 is 2.77 bits per heavy atom. The van der Waals surface area contributed by atoms with E-state index in [0.717, 1.165) is 5.56 Å². The lowest BCUT2D eigenvalue weighted by atomic mass is 10.1. The molecule has 0 atom stereocenters. The summed E-state index contributed by atoms with van der Waals surface area (Å²) in [7, 11) is 1.46. The van der Waals surface area contributed by atoms with Crippen LogP contribution < -0.4 is 10.2 Å². The maximum Gasteiger partial charge on any atom is 0.271 e. The molecule has 1 amide bonds. The summed E-state index contributed by atoms with van der Waals surface area (Å²) in [5.74, 6) is 0.0591. The number of nitrogens with one attached hydrogen (secondary N) is 1. The lowest BCUT2D eigenvalue weighted by Crippen LogP contribution is -2.18. The van der Waals surface area contributed by atoms with E-state index in [-0.39, 0.29) is 11.7 Å². The number of methoxy groups -OCH3 is 1. The molecule has 0 radical (unpaired) electrons. The molecule has 0 bridgehead atoms. The fourth-order valence-electron chi connectivity index (χ4n) is 1.88. The van der Waals surface area contributed by atoms with E-state index in [1.165, 1.54) is 13.3 Å². The fraction of sp³-hybridized carbons (Fsp3) is 0.125. The standard InChI is InChI=1S/C16H15BrN2O3/c1-10-5-3-4-6-12(10)16(21)19-18-9-11-7-13(17)15(20)14(8-11)22-2/h3-9,20H,1-2H3,(H,19,21)/b18-9+. The molecule has 0 spiro atoms. The maximum atomic E-state index is 12.0. The predicted molar refractivity (Wildman–Crippen MR) is 88.6 cm³/mol. The topological polar surface area (TPSA) is 70.9 Å². The largest absolute Gasteiger partial charge is 0.503 e. The highest BCUT2D eigenvalue weighted by Gasteiger charge is 2.08. The highest BCUT2D eigenvalue weighted by molar-refractivity contribution is 9.10. The maximum absolute atomic E-state index is 12.0. The van der Waals surface area contributed by atoms with Gasteiger partial charge in [-0.25, -0.2) is 5.43 Å². The molecule has 2 aromatic carbocycles. The summed E-state index contributed by atoms with van der Waals surface area (Å²) in [5, 5.41) is 13.7. The first-order valence-corrected chi connectivity index (χ1v) is 7.27. The predicted octanol–water partition coefficient (Wildman–Crippen LogP) is 3.24. The summed E-state index contributed by atoms with van der Waals surface area (Å²) in [5.41, 5.74) is 4.60. The van der Waals surface area contributed by atoms with Gasteiger partial charge in [0.1, 0.15) is 0 Å². The first kappa shape index (κ1) is 16.0. The first-order valence-electron chi connectivity index (χ1n) is 6.48. The SMILES string of the molecule is COc1cc(/C=N/NC(=O)c2ccccc2C)cc(Br)c1O. The zero-order valence-electron chi connectivity index (χ0n) is 12.1. The average Bonchev–Trinajstić information content (AvgIpc) is 2.50. The molecule has 2 rings (SSSR count). The van der Waals surface area contributed by atoms with Crippen LogP contribution in [0.25, 0.3) is 0 Å². The second-order valence-corrected chi connectivity index (χ2v) is 5.42. The summed E-state index contributed by atoms with van der Waals surface area (Å²) >= 11 is 3.23. The number of ether oxygens (including phenoxy) is 1. The second kappa shape index (κ2) is 7.09. The Balaban J connectivity index is 2.12. The van der Waals surface area contributed by atoms with Gasteiger partial charge in [0.05, 0.1) is 17.8 Å². The van der Waals surface area contributed by atoms with Gasteiger partial charge in [-0.1, -0.05) is 18.2 Å². The highest BCUT2D eigenvalue weighted by Crippen LogP contribution is 2.34. The van der Waals surface area contributed by atoms with Crippen LogP contribution in [0.5, 0.6) is 11.5 Å². The number of phenols is 1. The minimum absolute atomic E-state index is 0.0172. The smallest absolute Gasteiger partial charge is 0.271 e. The summed E-state index contributed by atoms with van der Waals surface area (Å²) in [6.45, 7) is 1.86. The van der Waals surface area contributed by atoms with Crippen molar-refractivity contribution < 1.29 is 14.6 Å². The van der Waals surface area contributed by atoms with E-state index in [0.29, 0.717) is 21.3 Å². The third-order valence-electron chi connectivity index (χ3n) is 3.04. The zero-order chi connectivity index (χ0) is 16.1. The minimum atomic E-state index is -0.279. The van der Waals surface area contributed by atoms with Crippen LogP contribution in [-0.4, -0.2) is 24.3 Å². The number of hydrogen-bond acceptors (Lipinski definition) is 4. The van der Waals surface area contributed by atoms with Gasteiger partial charge in [-0.3, -0.25) is 4.79 Å². The number of halogens is 1. The number of hydrogen-bond donors (Lipinski definition) is 2. The number of carbonyl (C=O) groups excluding carboxylic acids is 1. The molecule has 0 saturated carbocycles. The Hall–Kier alpha value is -2.34. The Labute approximate surface area is 136 Å². The van der Waals surface area contributed by atoms with Crippen molar-refractivity contribution in [3.05, 3.63) is 57.6 Å². The molecular formula is C16H15BrN2O3. The monoisotopic (exact) mass is 362 g/mol. The molecule has 5 nitrogen and oxygen atoms in total.